The average molecular weight is 181 g/mol. The second-order valence-corrected chi connectivity index (χ2v) is 2.84. The first kappa shape index (κ1) is 9.86. The molecule has 3 heteroatoms. The lowest BCUT2D eigenvalue weighted by molar-refractivity contribution is 0.312. The Bertz CT molecular complexity index is 274. The van der Waals surface area contributed by atoms with Gasteiger partial charge in [-0.15, -0.1) is 0 Å². The number of phenols is 1. The molecule has 1 aromatic rings. The molecule has 0 heterocycles. The van der Waals surface area contributed by atoms with Crippen LogP contribution >= 0.6 is 0 Å². The predicted octanol–water partition coefficient (Wildman–Crippen LogP) is 1.64. The molecule has 3 nitrogen and oxygen atoms in total. The number of ether oxygens (including phenoxy) is 1. The third kappa shape index (κ3) is 2.63. The van der Waals surface area contributed by atoms with Crippen molar-refractivity contribution in [3.8, 4) is 11.5 Å². The third-order valence-corrected chi connectivity index (χ3v) is 1.73. The Morgan fingerprint density at radius 3 is 2.85 bits per heavy atom. The third-order valence-electron chi connectivity index (χ3n) is 1.73. The lowest BCUT2D eigenvalue weighted by Gasteiger charge is -2.09. The average Bonchev–Trinajstić information content (AvgIpc) is 2.15. The molecule has 0 radical (unpaired) electrons. The Kier molecular flexibility index (Phi) is 3.58. The van der Waals surface area contributed by atoms with E-state index in [1.54, 1.807) is 18.2 Å². The molecule has 0 saturated carbocycles. The van der Waals surface area contributed by atoms with Crippen molar-refractivity contribution in [1.29, 1.82) is 0 Å². The van der Waals surface area contributed by atoms with E-state index in [0.29, 0.717) is 18.9 Å². The molecule has 3 N–H and O–H groups in total. The number of benzene rings is 1. The summed E-state index contributed by atoms with van der Waals surface area (Å²) in [6.07, 6.45) is 0.944. The molecule has 1 aromatic carbocycles. The van der Waals surface area contributed by atoms with Gasteiger partial charge in [0.05, 0.1) is 6.61 Å². The summed E-state index contributed by atoms with van der Waals surface area (Å²) in [5, 5.41) is 9.21. The molecule has 0 fully saturated rings. The summed E-state index contributed by atoms with van der Waals surface area (Å²) in [6.45, 7) is 3.11. The molecule has 0 amide bonds. The standard InChI is InChI=1S/C10H15NO2/c1-2-5-13-10-6-9(12)4-3-8(10)7-11/h3-4,6,12H,2,5,7,11H2,1H3. The molecule has 0 atom stereocenters. The molecule has 13 heavy (non-hydrogen) atoms. The van der Waals surface area contributed by atoms with E-state index >= 15 is 0 Å². The highest BCUT2D eigenvalue weighted by atomic mass is 16.5. The number of rotatable bonds is 4. The van der Waals surface area contributed by atoms with Crippen LogP contribution < -0.4 is 10.5 Å². The van der Waals surface area contributed by atoms with Crippen LogP contribution in [0.1, 0.15) is 18.9 Å². The molecule has 0 aliphatic rings. The molecule has 0 saturated heterocycles. The first-order valence-corrected chi connectivity index (χ1v) is 4.42. The van der Waals surface area contributed by atoms with Crippen LogP contribution in [0.15, 0.2) is 18.2 Å². The Hall–Kier alpha value is -1.22. The minimum absolute atomic E-state index is 0.211. The van der Waals surface area contributed by atoms with Gasteiger partial charge in [0, 0.05) is 18.2 Å². The monoisotopic (exact) mass is 181 g/mol. The zero-order chi connectivity index (χ0) is 9.68. The maximum absolute atomic E-state index is 9.21. The molecule has 0 spiro atoms. The molecule has 0 aliphatic carbocycles. The van der Waals surface area contributed by atoms with E-state index in [1.807, 2.05) is 6.92 Å². The van der Waals surface area contributed by atoms with E-state index in [0.717, 1.165) is 12.0 Å². The van der Waals surface area contributed by atoms with Gasteiger partial charge >= 0.3 is 0 Å². The van der Waals surface area contributed by atoms with Crippen molar-refractivity contribution in [1.82, 2.24) is 0 Å². The summed E-state index contributed by atoms with van der Waals surface area (Å²) in [6, 6.07) is 4.99. The van der Waals surface area contributed by atoms with Crippen LogP contribution in [-0.4, -0.2) is 11.7 Å². The van der Waals surface area contributed by atoms with E-state index in [1.165, 1.54) is 0 Å². The lowest BCUT2D eigenvalue weighted by atomic mass is 10.2. The van der Waals surface area contributed by atoms with Gasteiger partial charge in [-0.1, -0.05) is 13.0 Å². The smallest absolute Gasteiger partial charge is 0.127 e. The van der Waals surface area contributed by atoms with E-state index in [9.17, 15) is 5.11 Å². The molecular weight excluding hydrogens is 166 g/mol. The Labute approximate surface area is 78.1 Å². The predicted molar refractivity (Wildman–Crippen MR) is 51.8 cm³/mol. The van der Waals surface area contributed by atoms with Crippen LogP contribution in [-0.2, 0) is 6.54 Å². The number of phenolic OH excluding ortho intramolecular Hbond substituents is 1. The summed E-state index contributed by atoms with van der Waals surface area (Å²) in [5.74, 6) is 0.896. The normalized spacial score (nSPS) is 10.0. The molecule has 0 bridgehead atoms. The quantitative estimate of drug-likeness (QED) is 0.742. The summed E-state index contributed by atoms with van der Waals surface area (Å²) < 4.78 is 5.42. The van der Waals surface area contributed by atoms with Gasteiger partial charge < -0.3 is 15.6 Å². The number of nitrogens with two attached hydrogens (primary N) is 1. The van der Waals surface area contributed by atoms with Gasteiger partial charge in [0.15, 0.2) is 0 Å². The van der Waals surface area contributed by atoms with Gasteiger partial charge in [-0.2, -0.15) is 0 Å². The highest BCUT2D eigenvalue weighted by Crippen LogP contribution is 2.23. The van der Waals surface area contributed by atoms with Gasteiger partial charge in [-0.25, -0.2) is 0 Å². The second kappa shape index (κ2) is 4.72. The minimum Gasteiger partial charge on any atom is -0.508 e. The van der Waals surface area contributed by atoms with Crippen LogP contribution in [0, 0.1) is 0 Å². The number of hydrogen-bond acceptors (Lipinski definition) is 3. The van der Waals surface area contributed by atoms with E-state index in [4.69, 9.17) is 10.5 Å². The Balaban J connectivity index is 2.81. The maximum atomic E-state index is 9.21. The molecule has 1 rings (SSSR count). The fraction of sp³-hybridized carbons (Fsp3) is 0.400. The summed E-state index contributed by atoms with van der Waals surface area (Å²) in [4.78, 5) is 0. The van der Waals surface area contributed by atoms with Crippen LogP contribution in [0.4, 0.5) is 0 Å². The molecule has 0 aromatic heterocycles. The zero-order valence-electron chi connectivity index (χ0n) is 7.79. The van der Waals surface area contributed by atoms with Crippen molar-refractivity contribution >= 4 is 0 Å². The van der Waals surface area contributed by atoms with Gasteiger partial charge in [0.2, 0.25) is 0 Å². The van der Waals surface area contributed by atoms with Crippen molar-refractivity contribution in [2.75, 3.05) is 6.61 Å². The van der Waals surface area contributed by atoms with E-state index in [2.05, 4.69) is 0 Å². The summed E-state index contributed by atoms with van der Waals surface area (Å²) in [7, 11) is 0. The maximum Gasteiger partial charge on any atom is 0.127 e. The topological polar surface area (TPSA) is 55.5 Å². The van der Waals surface area contributed by atoms with Gasteiger partial charge in [0.1, 0.15) is 11.5 Å². The molecule has 0 unspecified atom stereocenters. The second-order valence-electron chi connectivity index (χ2n) is 2.84. The van der Waals surface area contributed by atoms with Crippen LogP contribution in [0.25, 0.3) is 0 Å². The molecule has 0 aliphatic heterocycles. The van der Waals surface area contributed by atoms with Crippen molar-refractivity contribution in [3.63, 3.8) is 0 Å². The van der Waals surface area contributed by atoms with E-state index < -0.39 is 0 Å². The van der Waals surface area contributed by atoms with Crippen molar-refractivity contribution in [2.24, 2.45) is 5.73 Å². The van der Waals surface area contributed by atoms with E-state index in [-0.39, 0.29) is 5.75 Å². The summed E-state index contributed by atoms with van der Waals surface area (Å²) in [5.41, 5.74) is 6.43. The largest absolute Gasteiger partial charge is 0.508 e. The SMILES string of the molecule is CCCOc1cc(O)ccc1CN. The molecular formula is C10H15NO2. The van der Waals surface area contributed by atoms with Gasteiger partial charge in [-0.05, 0) is 12.5 Å². The van der Waals surface area contributed by atoms with Crippen LogP contribution in [0.2, 0.25) is 0 Å². The van der Waals surface area contributed by atoms with Crippen LogP contribution in [0.3, 0.4) is 0 Å². The van der Waals surface area contributed by atoms with Crippen LogP contribution in [0.5, 0.6) is 11.5 Å². The highest BCUT2D eigenvalue weighted by Gasteiger charge is 2.02. The summed E-state index contributed by atoms with van der Waals surface area (Å²) >= 11 is 0. The minimum atomic E-state index is 0.211. The zero-order valence-corrected chi connectivity index (χ0v) is 7.79. The number of aromatic hydroxyl groups is 1. The fourth-order valence-electron chi connectivity index (χ4n) is 1.06. The number of hydrogen-bond donors (Lipinski definition) is 2. The Morgan fingerprint density at radius 2 is 2.23 bits per heavy atom. The van der Waals surface area contributed by atoms with Crippen molar-refractivity contribution in [2.45, 2.75) is 19.9 Å². The van der Waals surface area contributed by atoms with Gasteiger partial charge in [0.25, 0.3) is 0 Å². The lowest BCUT2D eigenvalue weighted by Crippen LogP contribution is -2.02. The molecule has 72 valence electrons. The first-order chi connectivity index (χ1) is 6.27. The fourth-order valence-corrected chi connectivity index (χ4v) is 1.06. The first-order valence-electron chi connectivity index (χ1n) is 4.42. The highest BCUT2D eigenvalue weighted by molar-refractivity contribution is 5.39. The van der Waals surface area contributed by atoms with Gasteiger partial charge in [-0.3, -0.25) is 0 Å². The van der Waals surface area contributed by atoms with Crippen molar-refractivity contribution in [3.05, 3.63) is 23.8 Å². The van der Waals surface area contributed by atoms with Crippen molar-refractivity contribution < 1.29 is 9.84 Å². The Morgan fingerprint density at radius 1 is 1.46 bits per heavy atom.